The summed E-state index contributed by atoms with van der Waals surface area (Å²) in [6.07, 6.45) is 0.156. The maximum Gasteiger partial charge on any atom is 0.407 e. The van der Waals surface area contributed by atoms with Crippen LogP contribution in [0.15, 0.2) is 30.3 Å². The monoisotopic (exact) mass is 361 g/mol. The molecule has 2 fully saturated rings. The molecule has 7 nitrogen and oxygen atoms in total. The van der Waals surface area contributed by atoms with E-state index in [2.05, 4.69) is 17.0 Å². The molecule has 1 aromatic carbocycles. The van der Waals surface area contributed by atoms with Crippen LogP contribution in [0.2, 0.25) is 0 Å². The molecule has 2 aliphatic rings. The summed E-state index contributed by atoms with van der Waals surface area (Å²) in [4.78, 5) is 29.6. The third-order valence-electron chi connectivity index (χ3n) is 5.07. The Morgan fingerprint density at radius 2 is 1.88 bits per heavy atom. The van der Waals surface area contributed by atoms with Gasteiger partial charge in [-0.1, -0.05) is 30.3 Å². The molecule has 0 radical (unpaired) electrons. The van der Waals surface area contributed by atoms with Crippen LogP contribution in [0.4, 0.5) is 4.79 Å². The second-order valence-electron chi connectivity index (χ2n) is 6.90. The van der Waals surface area contributed by atoms with Crippen LogP contribution in [-0.4, -0.2) is 83.8 Å². The second-order valence-corrected chi connectivity index (χ2v) is 6.90. The molecule has 0 spiro atoms. The van der Waals surface area contributed by atoms with Gasteiger partial charge in [0.05, 0.1) is 19.3 Å². The number of nitrogens with zero attached hydrogens (tertiary/aromatic N) is 3. The first-order valence-corrected chi connectivity index (χ1v) is 9.25. The molecule has 1 unspecified atom stereocenters. The average molecular weight is 361 g/mol. The molecular weight excluding hydrogens is 334 g/mol. The molecule has 1 aromatic rings. The van der Waals surface area contributed by atoms with Gasteiger partial charge in [0.25, 0.3) is 0 Å². The highest BCUT2D eigenvalue weighted by atomic mass is 16.5. The van der Waals surface area contributed by atoms with Gasteiger partial charge in [-0.3, -0.25) is 9.69 Å². The predicted molar refractivity (Wildman–Crippen MR) is 96.9 cm³/mol. The van der Waals surface area contributed by atoms with Crippen molar-refractivity contribution in [2.75, 3.05) is 45.9 Å². The minimum Gasteiger partial charge on any atom is -0.465 e. The number of ether oxygens (including phenoxy) is 1. The fourth-order valence-electron chi connectivity index (χ4n) is 3.63. The number of hydrogen-bond acceptors (Lipinski definition) is 4. The summed E-state index contributed by atoms with van der Waals surface area (Å²) in [6.45, 7) is 5.14. The van der Waals surface area contributed by atoms with Gasteiger partial charge in [0.15, 0.2) is 0 Å². The Labute approximate surface area is 154 Å². The van der Waals surface area contributed by atoms with E-state index in [-0.39, 0.29) is 18.4 Å². The normalized spacial score (nSPS) is 22.1. The van der Waals surface area contributed by atoms with E-state index in [1.807, 2.05) is 23.1 Å². The largest absolute Gasteiger partial charge is 0.465 e. The van der Waals surface area contributed by atoms with Crippen molar-refractivity contribution in [1.29, 1.82) is 0 Å². The van der Waals surface area contributed by atoms with Crippen molar-refractivity contribution in [3.05, 3.63) is 35.9 Å². The van der Waals surface area contributed by atoms with Gasteiger partial charge in [0.1, 0.15) is 0 Å². The highest BCUT2D eigenvalue weighted by molar-refractivity contribution is 5.78. The van der Waals surface area contributed by atoms with Crippen LogP contribution in [0, 0.1) is 0 Å². The van der Waals surface area contributed by atoms with E-state index in [9.17, 15) is 14.7 Å². The van der Waals surface area contributed by atoms with Crippen molar-refractivity contribution in [2.24, 2.45) is 0 Å². The number of rotatable bonds is 4. The molecule has 2 saturated heterocycles. The Hall–Kier alpha value is -2.12. The molecule has 26 heavy (non-hydrogen) atoms. The SMILES string of the molecule is O=C(CC1COCCN1C(=O)O)N1CCCN(Cc2ccccc2)CC1. The van der Waals surface area contributed by atoms with Crippen LogP contribution >= 0.6 is 0 Å². The molecule has 7 heteroatoms. The van der Waals surface area contributed by atoms with Gasteiger partial charge in [-0.2, -0.15) is 0 Å². The fraction of sp³-hybridized carbons (Fsp3) is 0.579. The first kappa shape index (κ1) is 18.7. The first-order chi connectivity index (χ1) is 12.6. The van der Waals surface area contributed by atoms with Gasteiger partial charge in [0, 0.05) is 45.7 Å². The highest BCUT2D eigenvalue weighted by Gasteiger charge is 2.30. The van der Waals surface area contributed by atoms with E-state index in [0.29, 0.717) is 26.3 Å². The summed E-state index contributed by atoms with van der Waals surface area (Å²) in [7, 11) is 0. The molecule has 0 bridgehead atoms. The number of benzene rings is 1. The predicted octanol–water partition coefficient (Wildman–Crippen LogP) is 1.49. The van der Waals surface area contributed by atoms with Gasteiger partial charge >= 0.3 is 6.09 Å². The Bertz CT molecular complexity index is 610. The Morgan fingerprint density at radius 1 is 1.08 bits per heavy atom. The zero-order valence-corrected chi connectivity index (χ0v) is 15.0. The van der Waals surface area contributed by atoms with Crippen LogP contribution in [0.3, 0.4) is 0 Å². The van der Waals surface area contributed by atoms with Crippen LogP contribution in [-0.2, 0) is 16.1 Å². The van der Waals surface area contributed by atoms with Crippen molar-refractivity contribution in [3.8, 4) is 0 Å². The molecule has 2 heterocycles. The van der Waals surface area contributed by atoms with Crippen molar-refractivity contribution < 1.29 is 19.4 Å². The lowest BCUT2D eigenvalue weighted by molar-refractivity contribution is -0.133. The summed E-state index contributed by atoms with van der Waals surface area (Å²) in [5.41, 5.74) is 1.28. The lowest BCUT2D eigenvalue weighted by atomic mass is 10.1. The summed E-state index contributed by atoms with van der Waals surface area (Å²) in [6, 6.07) is 9.97. The van der Waals surface area contributed by atoms with E-state index in [1.54, 1.807) is 0 Å². The third-order valence-corrected chi connectivity index (χ3v) is 5.07. The number of morpholine rings is 1. The van der Waals surface area contributed by atoms with E-state index in [4.69, 9.17) is 4.74 Å². The van der Waals surface area contributed by atoms with Gasteiger partial charge in [-0.05, 0) is 12.0 Å². The number of carboxylic acid groups (broad SMARTS) is 1. The smallest absolute Gasteiger partial charge is 0.407 e. The Morgan fingerprint density at radius 3 is 2.65 bits per heavy atom. The van der Waals surface area contributed by atoms with Crippen molar-refractivity contribution in [2.45, 2.75) is 25.4 Å². The second kappa shape index (κ2) is 9.00. The molecule has 1 atom stereocenters. The standard InChI is InChI=1S/C19H27N3O4/c23-18(13-17-15-26-12-11-22(17)19(24)25)21-8-4-7-20(9-10-21)14-16-5-2-1-3-6-16/h1-3,5-6,17H,4,7-15H2,(H,24,25). The molecule has 0 saturated carbocycles. The molecule has 142 valence electrons. The molecule has 3 rings (SSSR count). The van der Waals surface area contributed by atoms with E-state index in [1.165, 1.54) is 10.5 Å². The quantitative estimate of drug-likeness (QED) is 0.880. The zero-order valence-electron chi connectivity index (χ0n) is 15.0. The minimum absolute atomic E-state index is 0.0216. The number of carbonyl (C=O) groups is 2. The van der Waals surface area contributed by atoms with Crippen LogP contribution in [0.1, 0.15) is 18.4 Å². The molecule has 0 aliphatic carbocycles. The van der Waals surface area contributed by atoms with E-state index in [0.717, 1.165) is 32.6 Å². The zero-order chi connectivity index (χ0) is 18.4. The number of hydrogen-bond donors (Lipinski definition) is 1. The lowest BCUT2D eigenvalue weighted by Crippen LogP contribution is -2.50. The van der Waals surface area contributed by atoms with Crippen LogP contribution in [0.5, 0.6) is 0 Å². The molecule has 0 aromatic heterocycles. The van der Waals surface area contributed by atoms with Gasteiger partial charge < -0.3 is 19.6 Å². The summed E-state index contributed by atoms with van der Waals surface area (Å²) < 4.78 is 5.37. The van der Waals surface area contributed by atoms with Gasteiger partial charge in [0.2, 0.25) is 5.91 Å². The van der Waals surface area contributed by atoms with Gasteiger partial charge in [-0.25, -0.2) is 4.79 Å². The Kier molecular flexibility index (Phi) is 6.46. The lowest BCUT2D eigenvalue weighted by Gasteiger charge is -2.34. The fourth-order valence-corrected chi connectivity index (χ4v) is 3.63. The first-order valence-electron chi connectivity index (χ1n) is 9.25. The van der Waals surface area contributed by atoms with Crippen molar-refractivity contribution in [3.63, 3.8) is 0 Å². The molecule has 2 amide bonds. The molecule has 1 N–H and O–H groups in total. The summed E-state index contributed by atoms with van der Waals surface area (Å²) >= 11 is 0. The topological polar surface area (TPSA) is 73.3 Å². The molecular formula is C19H27N3O4. The summed E-state index contributed by atoms with van der Waals surface area (Å²) in [5, 5.41) is 9.29. The molecule has 2 aliphatic heterocycles. The number of amides is 2. The summed E-state index contributed by atoms with van der Waals surface area (Å²) in [5.74, 6) is 0.0216. The Balaban J connectivity index is 1.51. The van der Waals surface area contributed by atoms with Crippen molar-refractivity contribution >= 4 is 12.0 Å². The highest BCUT2D eigenvalue weighted by Crippen LogP contribution is 2.15. The minimum atomic E-state index is -0.976. The number of carbonyl (C=O) groups excluding carboxylic acids is 1. The maximum absolute atomic E-state index is 12.7. The average Bonchev–Trinajstić information content (AvgIpc) is 2.88. The van der Waals surface area contributed by atoms with E-state index >= 15 is 0 Å². The maximum atomic E-state index is 12.7. The van der Waals surface area contributed by atoms with Crippen molar-refractivity contribution in [1.82, 2.24) is 14.7 Å². The third kappa shape index (κ3) is 4.95. The van der Waals surface area contributed by atoms with E-state index < -0.39 is 6.09 Å². The van der Waals surface area contributed by atoms with Crippen LogP contribution < -0.4 is 0 Å². The van der Waals surface area contributed by atoms with Crippen LogP contribution in [0.25, 0.3) is 0 Å². The van der Waals surface area contributed by atoms with Gasteiger partial charge in [-0.15, -0.1) is 0 Å².